The highest BCUT2D eigenvalue weighted by molar-refractivity contribution is 6.31. The molecule has 1 aliphatic heterocycles. The zero-order valence-corrected chi connectivity index (χ0v) is 15.8. The number of carboxylic acids is 1. The first kappa shape index (κ1) is 18.7. The number of carbonyl (C=O) groups is 2. The van der Waals surface area contributed by atoms with Gasteiger partial charge in [0.15, 0.2) is 5.76 Å². The number of benzene rings is 1. The highest BCUT2D eigenvalue weighted by Crippen LogP contribution is 2.29. The molecule has 1 saturated heterocycles. The van der Waals surface area contributed by atoms with Crippen LogP contribution < -0.4 is 0 Å². The number of halogens is 1. The number of aliphatic carboxylic acids is 1. The van der Waals surface area contributed by atoms with Crippen molar-refractivity contribution < 1.29 is 19.1 Å². The van der Waals surface area contributed by atoms with E-state index in [0.29, 0.717) is 36.0 Å². The van der Waals surface area contributed by atoms with E-state index >= 15 is 0 Å². The Balaban J connectivity index is 1.71. The molecule has 1 aromatic carbocycles. The normalized spacial score (nSPS) is 15.8. The van der Waals surface area contributed by atoms with Gasteiger partial charge in [-0.2, -0.15) is 0 Å². The smallest absolute Gasteiger partial charge is 0.317 e. The molecule has 0 bridgehead atoms. The van der Waals surface area contributed by atoms with Crippen molar-refractivity contribution in [2.45, 2.75) is 32.7 Å². The minimum Gasteiger partial charge on any atom is -0.480 e. The van der Waals surface area contributed by atoms with Gasteiger partial charge >= 0.3 is 5.97 Å². The van der Waals surface area contributed by atoms with Gasteiger partial charge in [0.1, 0.15) is 5.58 Å². The van der Waals surface area contributed by atoms with Gasteiger partial charge in [-0.3, -0.25) is 14.5 Å². The Morgan fingerprint density at radius 1 is 1.35 bits per heavy atom. The average molecular weight is 379 g/mol. The lowest BCUT2D eigenvalue weighted by molar-refractivity contribution is -0.139. The number of hydrogen-bond donors (Lipinski definition) is 1. The van der Waals surface area contributed by atoms with Crippen molar-refractivity contribution in [3.05, 3.63) is 34.5 Å². The molecule has 1 N–H and O–H groups in total. The first-order chi connectivity index (χ1) is 12.4. The number of piperidine rings is 1. The Kier molecular flexibility index (Phi) is 5.53. The number of amides is 1. The molecule has 0 aliphatic carbocycles. The average Bonchev–Trinajstić information content (AvgIpc) is 2.95. The third kappa shape index (κ3) is 3.71. The number of aryl methyl sites for hydroxylation is 1. The predicted molar refractivity (Wildman–Crippen MR) is 99.8 cm³/mol. The SMILES string of the molecule is CCN(CC(=O)O)C1CCN(C(=O)c2oc3ccc(Cl)cc3c2C)CC1. The molecule has 6 nitrogen and oxygen atoms in total. The summed E-state index contributed by atoms with van der Waals surface area (Å²) >= 11 is 6.04. The first-order valence-corrected chi connectivity index (χ1v) is 9.22. The van der Waals surface area contributed by atoms with Crippen molar-refractivity contribution in [3.8, 4) is 0 Å². The molecule has 3 rings (SSSR count). The molecule has 1 amide bonds. The van der Waals surface area contributed by atoms with Crippen LogP contribution in [-0.2, 0) is 4.79 Å². The minimum atomic E-state index is -0.818. The third-order valence-electron chi connectivity index (χ3n) is 5.11. The summed E-state index contributed by atoms with van der Waals surface area (Å²) in [7, 11) is 0. The lowest BCUT2D eigenvalue weighted by Crippen LogP contribution is -2.48. The lowest BCUT2D eigenvalue weighted by Gasteiger charge is -2.37. The van der Waals surface area contributed by atoms with E-state index in [2.05, 4.69) is 0 Å². The van der Waals surface area contributed by atoms with Gasteiger partial charge in [0, 0.05) is 35.1 Å². The van der Waals surface area contributed by atoms with Crippen LogP contribution in [0.4, 0.5) is 0 Å². The van der Waals surface area contributed by atoms with Gasteiger partial charge in [0.25, 0.3) is 5.91 Å². The van der Waals surface area contributed by atoms with Gasteiger partial charge in [-0.25, -0.2) is 0 Å². The number of carboxylic acid groups (broad SMARTS) is 1. The molecule has 0 spiro atoms. The summed E-state index contributed by atoms with van der Waals surface area (Å²) in [4.78, 5) is 27.6. The number of carbonyl (C=O) groups excluding carboxylic acids is 1. The highest BCUT2D eigenvalue weighted by atomic mass is 35.5. The van der Waals surface area contributed by atoms with E-state index < -0.39 is 5.97 Å². The van der Waals surface area contributed by atoms with Crippen LogP contribution in [0, 0.1) is 6.92 Å². The number of hydrogen-bond acceptors (Lipinski definition) is 4. The van der Waals surface area contributed by atoms with Gasteiger partial charge in [0.05, 0.1) is 6.54 Å². The largest absolute Gasteiger partial charge is 0.480 e. The maximum Gasteiger partial charge on any atom is 0.317 e. The van der Waals surface area contributed by atoms with Gasteiger partial charge < -0.3 is 14.4 Å². The van der Waals surface area contributed by atoms with Crippen molar-refractivity contribution >= 4 is 34.4 Å². The van der Waals surface area contributed by atoms with Gasteiger partial charge in [0.2, 0.25) is 0 Å². The first-order valence-electron chi connectivity index (χ1n) is 8.84. The van der Waals surface area contributed by atoms with E-state index in [4.69, 9.17) is 21.1 Å². The van der Waals surface area contributed by atoms with Crippen LogP contribution in [0.5, 0.6) is 0 Å². The fourth-order valence-corrected chi connectivity index (χ4v) is 3.82. The van der Waals surface area contributed by atoms with Gasteiger partial charge in [-0.1, -0.05) is 18.5 Å². The van der Waals surface area contributed by atoms with E-state index in [-0.39, 0.29) is 18.5 Å². The number of likely N-dealkylation sites (tertiary alicyclic amines) is 1. The quantitative estimate of drug-likeness (QED) is 0.863. The molecule has 2 heterocycles. The Morgan fingerprint density at radius 3 is 2.65 bits per heavy atom. The third-order valence-corrected chi connectivity index (χ3v) is 5.34. The summed E-state index contributed by atoms with van der Waals surface area (Å²) in [5, 5.41) is 10.5. The zero-order chi connectivity index (χ0) is 18.8. The summed E-state index contributed by atoms with van der Waals surface area (Å²) < 4.78 is 5.78. The predicted octanol–water partition coefficient (Wildman–Crippen LogP) is 3.41. The molecule has 26 heavy (non-hydrogen) atoms. The van der Waals surface area contributed by atoms with Crippen LogP contribution in [0.25, 0.3) is 11.0 Å². The van der Waals surface area contributed by atoms with Crippen LogP contribution in [0.3, 0.4) is 0 Å². The molecule has 1 aromatic heterocycles. The highest BCUT2D eigenvalue weighted by Gasteiger charge is 2.30. The van der Waals surface area contributed by atoms with Gasteiger partial charge in [-0.15, -0.1) is 0 Å². The maximum atomic E-state index is 12.9. The molecular formula is C19H23ClN2O4. The molecule has 140 valence electrons. The summed E-state index contributed by atoms with van der Waals surface area (Å²) in [6.07, 6.45) is 1.52. The summed E-state index contributed by atoms with van der Waals surface area (Å²) in [5.41, 5.74) is 1.46. The number of nitrogens with zero attached hydrogens (tertiary/aromatic N) is 2. The molecule has 0 saturated carbocycles. The maximum absolute atomic E-state index is 12.9. The molecule has 0 unspecified atom stereocenters. The Morgan fingerprint density at radius 2 is 2.04 bits per heavy atom. The van der Waals surface area contributed by atoms with E-state index in [1.54, 1.807) is 17.0 Å². The molecule has 0 radical (unpaired) electrons. The second kappa shape index (κ2) is 7.68. The van der Waals surface area contributed by atoms with Gasteiger partial charge in [-0.05, 0) is 44.5 Å². The van der Waals surface area contributed by atoms with E-state index in [1.165, 1.54) is 0 Å². The number of rotatable bonds is 5. The number of fused-ring (bicyclic) bond motifs is 1. The lowest BCUT2D eigenvalue weighted by atomic mass is 10.0. The summed E-state index contributed by atoms with van der Waals surface area (Å²) in [6.45, 7) is 5.75. The topological polar surface area (TPSA) is 74.0 Å². The molecule has 0 atom stereocenters. The fourth-order valence-electron chi connectivity index (χ4n) is 3.65. The van der Waals surface area contributed by atoms with E-state index in [1.807, 2.05) is 24.8 Å². The monoisotopic (exact) mass is 378 g/mol. The van der Waals surface area contributed by atoms with Crippen molar-refractivity contribution in [1.82, 2.24) is 9.80 Å². The minimum absolute atomic E-state index is 0.0402. The van der Waals surface area contributed by atoms with Crippen molar-refractivity contribution in [3.63, 3.8) is 0 Å². The van der Waals surface area contributed by atoms with Crippen LogP contribution in [0.2, 0.25) is 5.02 Å². The summed E-state index contributed by atoms with van der Waals surface area (Å²) in [6, 6.07) is 5.52. The molecule has 1 fully saturated rings. The van der Waals surface area contributed by atoms with Crippen molar-refractivity contribution in [2.24, 2.45) is 0 Å². The zero-order valence-electron chi connectivity index (χ0n) is 15.0. The fraction of sp³-hybridized carbons (Fsp3) is 0.474. The van der Waals surface area contributed by atoms with Crippen LogP contribution in [0.15, 0.2) is 22.6 Å². The molecular weight excluding hydrogens is 356 g/mol. The van der Waals surface area contributed by atoms with E-state index in [9.17, 15) is 9.59 Å². The molecule has 7 heteroatoms. The van der Waals surface area contributed by atoms with Crippen molar-refractivity contribution in [1.29, 1.82) is 0 Å². The van der Waals surface area contributed by atoms with Crippen LogP contribution in [0.1, 0.15) is 35.9 Å². The molecule has 2 aromatic rings. The number of furan rings is 1. The number of likely N-dealkylation sites (N-methyl/N-ethyl adjacent to an activating group) is 1. The van der Waals surface area contributed by atoms with E-state index in [0.717, 1.165) is 23.8 Å². The van der Waals surface area contributed by atoms with Crippen LogP contribution in [-0.4, -0.2) is 59.0 Å². The Labute approximate surface area is 157 Å². The second-order valence-corrected chi connectivity index (χ2v) is 7.11. The standard InChI is InChI=1S/C19H23ClN2O4/c1-3-21(11-17(23)24)14-6-8-22(9-7-14)19(25)18-12(2)15-10-13(20)4-5-16(15)26-18/h4-5,10,14H,3,6-9,11H2,1-2H3,(H,23,24). The van der Waals surface area contributed by atoms with Crippen molar-refractivity contribution in [2.75, 3.05) is 26.2 Å². The molecule has 1 aliphatic rings. The Bertz CT molecular complexity index is 824. The second-order valence-electron chi connectivity index (χ2n) is 6.68. The Hall–Kier alpha value is -2.05. The van der Waals surface area contributed by atoms with Crippen LogP contribution >= 0.6 is 11.6 Å². The summed E-state index contributed by atoms with van der Waals surface area (Å²) in [5.74, 6) is -0.574.